The minimum Gasteiger partial charge on any atom is -0.340 e. The van der Waals surface area contributed by atoms with Crippen molar-refractivity contribution >= 4 is 10.9 Å². The molecule has 0 saturated carbocycles. The molecule has 0 spiro atoms. The van der Waals surface area contributed by atoms with Gasteiger partial charge in [0.15, 0.2) is 0 Å². The fourth-order valence-electron chi connectivity index (χ4n) is 2.68. The molecule has 0 unspecified atom stereocenters. The lowest BCUT2D eigenvalue weighted by Gasteiger charge is -2.08. The molecule has 0 radical (unpaired) electrons. The second-order valence-corrected chi connectivity index (χ2v) is 5.06. The van der Waals surface area contributed by atoms with Crippen LogP contribution in [-0.4, -0.2) is 4.57 Å². The number of hydrogen-bond donors (Lipinski definition) is 0. The molecular weight excluding hydrogens is 256 g/mol. The minimum absolute atomic E-state index is 0.493. The number of fused-ring (bicyclic) bond motifs is 1. The van der Waals surface area contributed by atoms with Gasteiger partial charge in [-0.1, -0.05) is 30.3 Å². The lowest BCUT2D eigenvalue weighted by Crippen LogP contribution is -2.02. The fraction of sp³-hybridized carbons (Fsp3) is 0.176. The van der Waals surface area contributed by atoms with Gasteiger partial charge < -0.3 is 4.57 Å². The molecule has 1 aromatic heterocycles. The van der Waals surface area contributed by atoms with E-state index in [1.165, 1.54) is 6.07 Å². The van der Waals surface area contributed by atoms with E-state index >= 15 is 0 Å². The van der Waals surface area contributed by atoms with Crippen LogP contribution < -0.4 is 0 Å². The second-order valence-electron chi connectivity index (χ2n) is 5.06. The van der Waals surface area contributed by atoms with Crippen LogP contribution in [0.3, 0.4) is 0 Å². The van der Waals surface area contributed by atoms with Gasteiger partial charge in [0.1, 0.15) is 11.6 Å². The molecule has 102 valence electrons. The molecule has 0 amide bonds. The summed E-state index contributed by atoms with van der Waals surface area (Å²) in [7, 11) is 0. The van der Waals surface area contributed by atoms with Gasteiger partial charge in [-0.25, -0.2) is 8.78 Å². The third-order valence-electron chi connectivity index (χ3n) is 3.83. The van der Waals surface area contributed by atoms with E-state index in [9.17, 15) is 8.78 Å². The van der Waals surface area contributed by atoms with Gasteiger partial charge >= 0.3 is 0 Å². The maximum atomic E-state index is 14.0. The Hall–Kier alpha value is -2.16. The summed E-state index contributed by atoms with van der Waals surface area (Å²) in [5.74, 6) is -1.03. The molecule has 0 aliphatic heterocycles. The Bertz CT molecular complexity index is 773. The number of halogens is 2. The van der Waals surface area contributed by atoms with Crippen molar-refractivity contribution in [2.24, 2.45) is 0 Å². The van der Waals surface area contributed by atoms with Gasteiger partial charge in [0.2, 0.25) is 0 Å². The summed E-state index contributed by atoms with van der Waals surface area (Å²) in [6, 6.07) is 12.2. The molecule has 0 aliphatic carbocycles. The van der Waals surface area contributed by atoms with Gasteiger partial charge in [-0.15, -0.1) is 0 Å². The standard InChI is InChI=1S/C17H15F2N/c1-11-12(2)20(10-13-6-4-3-5-7-13)16-9-14(18)8-15(19)17(11)16/h3-9H,10H2,1-2H3. The summed E-state index contributed by atoms with van der Waals surface area (Å²) in [4.78, 5) is 0. The molecular formula is C17H15F2N. The molecule has 3 aromatic rings. The average molecular weight is 271 g/mol. The zero-order valence-electron chi connectivity index (χ0n) is 11.5. The highest BCUT2D eigenvalue weighted by Gasteiger charge is 2.16. The van der Waals surface area contributed by atoms with Gasteiger partial charge in [0.05, 0.1) is 5.52 Å². The lowest BCUT2D eigenvalue weighted by atomic mass is 10.1. The number of aromatic nitrogens is 1. The highest BCUT2D eigenvalue weighted by atomic mass is 19.1. The normalized spacial score (nSPS) is 11.2. The van der Waals surface area contributed by atoms with E-state index < -0.39 is 11.6 Å². The maximum Gasteiger partial charge on any atom is 0.135 e. The van der Waals surface area contributed by atoms with Crippen molar-refractivity contribution in [3.05, 3.63) is 70.9 Å². The van der Waals surface area contributed by atoms with Gasteiger partial charge in [0, 0.05) is 23.7 Å². The number of hydrogen-bond acceptors (Lipinski definition) is 0. The summed E-state index contributed by atoms with van der Waals surface area (Å²) in [6.07, 6.45) is 0. The number of benzene rings is 2. The molecule has 0 atom stereocenters. The van der Waals surface area contributed by atoms with Crippen LogP contribution >= 0.6 is 0 Å². The van der Waals surface area contributed by atoms with E-state index in [1.54, 1.807) is 0 Å². The zero-order chi connectivity index (χ0) is 14.3. The molecule has 0 N–H and O–H groups in total. The highest BCUT2D eigenvalue weighted by molar-refractivity contribution is 5.86. The molecule has 1 nitrogen and oxygen atoms in total. The van der Waals surface area contributed by atoms with Crippen LogP contribution in [0.4, 0.5) is 8.78 Å². The first-order valence-electron chi connectivity index (χ1n) is 6.56. The first kappa shape index (κ1) is 12.9. The van der Waals surface area contributed by atoms with E-state index in [0.29, 0.717) is 17.4 Å². The summed E-state index contributed by atoms with van der Waals surface area (Å²) < 4.78 is 29.5. The summed E-state index contributed by atoms with van der Waals surface area (Å²) in [6.45, 7) is 4.43. The topological polar surface area (TPSA) is 4.93 Å². The fourth-order valence-corrected chi connectivity index (χ4v) is 2.68. The molecule has 20 heavy (non-hydrogen) atoms. The van der Waals surface area contributed by atoms with Crippen molar-refractivity contribution < 1.29 is 8.78 Å². The number of rotatable bonds is 2. The summed E-state index contributed by atoms with van der Waals surface area (Å²) in [5.41, 5.74) is 3.56. The zero-order valence-corrected chi connectivity index (χ0v) is 11.5. The molecule has 3 heteroatoms. The molecule has 0 aliphatic rings. The second kappa shape index (κ2) is 4.75. The Labute approximate surface area is 116 Å². The van der Waals surface area contributed by atoms with Crippen LogP contribution in [0.25, 0.3) is 10.9 Å². The van der Waals surface area contributed by atoms with Gasteiger partial charge in [-0.05, 0) is 31.0 Å². The largest absolute Gasteiger partial charge is 0.340 e. The van der Waals surface area contributed by atoms with Crippen molar-refractivity contribution in [2.75, 3.05) is 0 Å². The van der Waals surface area contributed by atoms with Crippen molar-refractivity contribution in [1.29, 1.82) is 0 Å². The van der Waals surface area contributed by atoms with E-state index in [2.05, 4.69) is 0 Å². The minimum atomic E-state index is -0.540. The SMILES string of the molecule is Cc1c(C)n(Cc2ccccc2)c2cc(F)cc(F)c12. The Morgan fingerprint density at radius 2 is 1.70 bits per heavy atom. The quantitative estimate of drug-likeness (QED) is 0.642. The Morgan fingerprint density at radius 1 is 1.00 bits per heavy atom. The van der Waals surface area contributed by atoms with Crippen LogP contribution in [0.15, 0.2) is 42.5 Å². The highest BCUT2D eigenvalue weighted by Crippen LogP contribution is 2.29. The lowest BCUT2D eigenvalue weighted by molar-refractivity contribution is 0.591. The molecule has 0 bridgehead atoms. The van der Waals surface area contributed by atoms with E-state index in [1.807, 2.05) is 48.7 Å². The first-order valence-corrected chi connectivity index (χ1v) is 6.56. The first-order chi connectivity index (χ1) is 9.58. The van der Waals surface area contributed by atoms with Crippen LogP contribution in [0, 0.1) is 25.5 Å². The third kappa shape index (κ3) is 1.99. The van der Waals surface area contributed by atoms with E-state index in [-0.39, 0.29) is 0 Å². The number of aryl methyl sites for hydroxylation is 1. The maximum absolute atomic E-state index is 14.0. The molecule has 0 saturated heterocycles. The van der Waals surface area contributed by atoms with Gasteiger partial charge in [-0.3, -0.25) is 0 Å². The summed E-state index contributed by atoms with van der Waals surface area (Å²) in [5, 5.41) is 0.514. The van der Waals surface area contributed by atoms with Crippen LogP contribution in [0.1, 0.15) is 16.8 Å². The van der Waals surface area contributed by atoms with Gasteiger partial charge in [-0.2, -0.15) is 0 Å². The number of nitrogens with zero attached hydrogens (tertiary/aromatic N) is 1. The predicted molar refractivity (Wildman–Crippen MR) is 76.9 cm³/mol. The summed E-state index contributed by atoms with van der Waals surface area (Å²) >= 11 is 0. The van der Waals surface area contributed by atoms with E-state index in [4.69, 9.17) is 0 Å². The molecule has 1 heterocycles. The van der Waals surface area contributed by atoms with E-state index in [0.717, 1.165) is 22.9 Å². The van der Waals surface area contributed by atoms with Crippen LogP contribution in [0.5, 0.6) is 0 Å². The van der Waals surface area contributed by atoms with Crippen molar-refractivity contribution in [3.63, 3.8) is 0 Å². The van der Waals surface area contributed by atoms with Crippen molar-refractivity contribution in [1.82, 2.24) is 4.57 Å². The predicted octanol–water partition coefficient (Wildman–Crippen LogP) is 4.58. The molecule has 3 rings (SSSR count). The van der Waals surface area contributed by atoms with Crippen LogP contribution in [0.2, 0.25) is 0 Å². The van der Waals surface area contributed by atoms with Crippen molar-refractivity contribution in [3.8, 4) is 0 Å². The Kier molecular flexibility index (Phi) is 3.05. The van der Waals surface area contributed by atoms with Crippen molar-refractivity contribution in [2.45, 2.75) is 20.4 Å². The smallest absolute Gasteiger partial charge is 0.135 e. The third-order valence-corrected chi connectivity index (χ3v) is 3.83. The Morgan fingerprint density at radius 3 is 2.40 bits per heavy atom. The molecule has 0 fully saturated rings. The van der Waals surface area contributed by atoms with Crippen LogP contribution in [-0.2, 0) is 6.54 Å². The Balaban J connectivity index is 2.23. The average Bonchev–Trinajstić information content (AvgIpc) is 2.65. The monoisotopic (exact) mass is 271 g/mol. The van der Waals surface area contributed by atoms with Gasteiger partial charge in [0.25, 0.3) is 0 Å². The molecule has 2 aromatic carbocycles.